The number of halogens is 3. The van der Waals surface area contributed by atoms with Crippen LogP contribution in [-0.4, -0.2) is 28.9 Å². The third kappa shape index (κ3) is 12.8. The standard InChI is InChI=1S/C24H37Cl3N2O3/c1-3-4-5-6-7-8-9-10-11-12-13-14-21(30)29-23(24(25,26)27)28-20-17-15-19(16-18-20)22(31)32-2/h15-18,23,28H,3-14H2,1-2H3,(H,29,30). The number of amides is 1. The fraction of sp³-hybridized carbons (Fsp3) is 0.667. The fourth-order valence-electron chi connectivity index (χ4n) is 3.37. The molecule has 5 nitrogen and oxygen atoms in total. The van der Waals surface area contributed by atoms with Gasteiger partial charge >= 0.3 is 5.97 Å². The van der Waals surface area contributed by atoms with Crippen LogP contribution in [0.5, 0.6) is 0 Å². The number of unbranched alkanes of at least 4 members (excludes halogenated alkanes) is 10. The molecule has 1 amide bonds. The molecule has 0 aromatic heterocycles. The highest BCUT2D eigenvalue weighted by Crippen LogP contribution is 2.31. The second kappa shape index (κ2) is 16.4. The number of anilines is 1. The average molecular weight is 508 g/mol. The lowest BCUT2D eigenvalue weighted by molar-refractivity contribution is -0.121. The first kappa shape index (κ1) is 28.9. The zero-order valence-electron chi connectivity index (χ0n) is 19.2. The van der Waals surface area contributed by atoms with Crippen molar-refractivity contribution in [3.8, 4) is 0 Å². The lowest BCUT2D eigenvalue weighted by Gasteiger charge is -2.27. The Bertz CT molecular complexity index is 663. The molecular formula is C24H37Cl3N2O3. The lowest BCUT2D eigenvalue weighted by atomic mass is 10.1. The Morgan fingerprint density at radius 3 is 1.84 bits per heavy atom. The van der Waals surface area contributed by atoms with Gasteiger partial charge in [0.05, 0.1) is 12.7 Å². The van der Waals surface area contributed by atoms with Gasteiger partial charge in [-0.3, -0.25) is 4.79 Å². The normalized spacial score (nSPS) is 12.3. The van der Waals surface area contributed by atoms with Crippen molar-refractivity contribution in [2.24, 2.45) is 0 Å². The highest BCUT2D eigenvalue weighted by Gasteiger charge is 2.34. The summed E-state index contributed by atoms with van der Waals surface area (Å²) in [7, 11) is 1.32. The maximum atomic E-state index is 12.3. The number of hydrogen-bond donors (Lipinski definition) is 2. The Balaban J connectivity index is 2.30. The predicted octanol–water partition coefficient (Wildman–Crippen LogP) is 7.40. The molecule has 0 radical (unpaired) electrons. The molecule has 1 aromatic carbocycles. The van der Waals surface area contributed by atoms with Crippen molar-refractivity contribution >= 4 is 52.4 Å². The number of esters is 1. The second-order valence-corrected chi connectivity index (χ2v) is 10.4. The summed E-state index contributed by atoms with van der Waals surface area (Å²) in [5, 5.41) is 5.75. The van der Waals surface area contributed by atoms with Crippen molar-refractivity contribution in [2.75, 3.05) is 12.4 Å². The highest BCUT2D eigenvalue weighted by atomic mass is 35.6. The van der Waals surface area contributed by atoms with Gasteiger partial charge in [0.1, 0.15) is 6.17 Å². The zero-order chi connectivity index (χ0) is 23.8. The van der Waals surface area contributed by atoms with E-state index in [1.54, 1.807) is 24.3 Å². The summed E-state index contributed by atoms with van der Waals surface area (Å²) >= 11 is 18.1. The van der Waals surface area contributed by atoms with Crippen LogP contribution in [0.1, 0.15) is 94.3 Å². The highest BCUT2D eigenvalue weighted by molar-refractivity contribution is 6.68. The first-order chi connectivity index (χ1) is 15.3. The number of hydrogen-bond acceptors (Lipinski definition) is 4. The number of benzene rings is 1. The molecule has 0 heterocycles. The third-order valence-corrected chi connectivity index (χ3v) is 5.91. The zero-order valence-corrected chi connectivity index (χ0v) is 21.5. The summed E-state index contributed by atoms with van der Waals surface area (Å²) in [5.74, 6) is -0.606. The van der Waals surface area contributed by atoms with Crippen LogP contribution in [0.3, 0.4) is 0 Å². The van der Waals surface area contributed by atoms with E-state index in [1.165, 1.54) is 58.5 Å². The average Bonchev–Trinajstić information content (AvgIpc) is 2.76. The van der Waals surface area contributed by atoms with E-state index in [-0.39, 0.29) is 5.91 Å². The summed E-state index contributed by atoms with van der Waals surface area (Å²) in [6.07, 6.45) is 12.9. The van der Waals surface area contributed by atoms with E-state index in [9.17, 15) is 9.59 Å². The molecule has 1 aromatic rings. The summed E-state index contributed by atoms with van der Waals surface area (Å²) < 4.78 is 2.93. The van der Waals surface area contributed by atoms with Crippen LogP contribution in [0, 0.1) is 0 Å². The molecule has 0 aliphatic heterocycles. The first-order valence-corrected chi connectivity index (χ1v) is 12.7. The summed E-state index contributed by atoms with van der Waals surface area (Å²) in [5.41, 5.74) is 1.01. The minimum Gasteiger partial charge on any atom is -0.465 e. The van der Waals surface area contributed by atoms with Crippen molar-refractivity contribution < 1.29 is 14.3 Å². The van der Waals surface area contributed by atoms with E-state index in [1.807, 2.05) is 0 Å². The number of alkyl halides is 3. The van der Waals surface area contributed by atoms with Gasteiger partial charge in [-0.1, -0.05) is 106 Å². The molecule has 8 heteroatoms. The van der Waals surface area contributed by atoms with Gasteiger partial charge in [-0.2, -0.15) is 0 Å². The Morgan fingerprint density at radius 2 is 1.38 bits per heavy atom. The van der Waals surface area contributed by atoms with Crippen LogP contribution < -0.4 is 10.6 Å². The third-order valence-electron chi connectivity index (χ3n) is 5.26. The van der Waals surface area contributed by atoms with Crippen molar-refractivity contribution in [1.82, 2.24) is 5.32 Å². The number of methoxy groups -OCH3 is 1. The van der Waals surface area contributed by atoms with Crippen LogP contribution in [-0.2, 0) is 9.53 Å². The van der Waals surface area contributed by atoms with Gasteiger partial charge in [-0.25, -0.2) is 4.79 Å². The van der Waals surface area contributed by atoms with Crippen molar-refractivity contribution in [1.29, 1.82) is 0 Å². The van der Waals surface area contributed by atoms with Gasteiger partial charge in [0.2, 0.25) is 9.70 Å². The molecule has 0 aliphatic rings. The van der Waals surface area contributed by atoms with Crippen LogP contribution in [0.25, 0.3) is 0 Å². The van der Waals surface area contributed by atoms with E-state index in [0.717, 1.165) is 19.3 Å². The smallest absolute Gasteiger partial charge is 0.337 e. The Morgan fingerprint density at radius 1 is 0.875 bits per heavy atom. The minimum atomic E-state index is -1.74. The van der Waals surface area contributed by atoms with Gasteiger partial charge in [-0.05, 0) is 30.7 Å². The molecule has 0 fully saturated rings. The van der Waals surface area contributed by atoms with Crippen molar-refractivity contribution in [3.05, 3.63) is 29.8 Å². The second-order valence-electron chi connectivity index (χ2n) is 8.04. The van der Waals surface area contributed by atoms with Crippen molar-refractivity contribution in [2.45, 2.75) is 93.9 Å². The largest absolute Gasteiger partial charge is 0.465 e. The Hall–Kier alpha value is -1.17. The van der Waals surface area contributed by atoms with E-state index >= 15 is 0 Å². The molecule has 0 bridgehead atoms. The van der Waals surface area contributed by atoms with E-state index in [0.29, 0.717) is 17.7 Å². The molecule has 2 N–H and O–H groups in total. The molecule has 182 valence electrons. The quantitative estimate of drug-likeness (QED) is 0.106. The molecule has 32 heavy (non-hydrogen) atoms. The minimum absolute atomic E-state index is 0.170. The van der Waals surface area contributed by atoms with Crippen LogP contribution >= 0.6 is 34.8 Å². The predicted molar refractivity (Wildman–Crippen MR) is 135 cm³/mol. The van der Waals surface area contributed by atoms with E-state index < -0.39 is 15.9 Å². The molecular weight excluding hydrogens is 471 g/mol. The number of nitrogens with one attached hydrogen (secondary N) is 2. The van der Waals surface area contributed by atoms with Gasteiger partial charge in [0, 0.05) is 12.1 Å². The summed E-state index contributed by atoms with van der Waals surface area (Å²) in [4.78, 5) is 23.9. The van der Waals surface area contributed by atoms with Crippen molar-refractivity contribution in [3.63, 3.8) is 0 Å². The molecule has 0 saturated heterocycles. The van der Waals surface area contributed by atoms with Gasteiger partial charge in [0.25, 0.3) is 0 Å². The molecule has 0 aliphatic carbocycles. The molecule has 1 unspecified atom stereocenters. The number of ether oxygens (including phenoxy) is 1. The summed E-state index contributed by atoms with van der Waals surface area (Å²) in [6, 6.07) is 6.50. The van der Waals surface area contributed by atoms with E-state index in [2.05, 4.69) is 22.3 Å². The SMILES string of the molecule is CCCCCCCCCCCCCC(=O)NC(Nc1ccc(C(=O)OC)cc1)C(Cl)(Cl)Cl. The van der Waals surface area contributed by atoms with Gasteiger partial charge in [0.15, 0.2) is 0 Å². The number of carbonyl (C=O) groups excluding carboxylic acids is 2. The number of rotatable bonds is 16. The van der Waals surface area contributed by atoms with Gasteiger partial charge in [-0.15, -0.1) is 0 Å². The molecule has 0 spiro atoms. The van der Waals surface area contributed by atoms with Crippen LogP contribution in [0.15, 0.2) is 24.3 Å². The van der Waals surface area contributed by atoms with Crippen LogP contribution in [0.2, 0.25) is 0 Å². The van der Waals surface area contributed by atoms with Gasteiger partial charge < -0.3 is 15.4 Å². The monoisotopic (exact) mass is 506 g/mol. The maximum absolute atomic E-state index is 12.3. The maximum Gasteiger partial charge on any atom is 0.337 e. The molecule has 1 rings (SSSR count). The molecule has 0 saturated carbocycles. The Labute approximate surface area is 207 Å². The fourth-order valence-corrected chi connectivity index (χ4v) is 3.70. The number of carbonyl (C=O) groups is 2. The summed E-state index contributed by atoms with van der Waals surface area (Å²) in [6.45, 7) is 2.24. The lowest BCUT2D eigenvalue weighted by Crippen LogP contribution is -2.49. The Kier molecular flexibility index (Phi) is 14.8. The van der Waals surface area contributed by atoms with Crippen LogP contribution in [0.4, 0.5) is 5.69 Å². The van der Waals surface area contributed by atoms with E-state index in [4.69, 9.17) is 34.8 Å². The first-order valence-electron chi connectivity index (χ1n) is 11.6. The topological polar surface area (TPSA) is 67.4 Å². The molecule has 1 atom stereocenters.